The fourth-order valence-electron chi connectivity index (χ4n) is 1.81. The standard InChI is InChI=1S/C14H23NO2S/c1-3-17-14(16)9-5-4-6-10-15(2)12-13-8-7-11-18-13/h7-8,11H,3-6,9-10,12H2,1-2H3. The first-order chi connectivity index (χ1) is 8.72. The van der Waals surface area contributed by atoms with E-state index in [4.69, 9.17) is 4.74 Å². The van der Waals surface area contributed by atoms with Crippen LogP contribution in [0.5, 0.6) is 0 Å². The highest BCUT2D eigenvalue weighted by Gasteiger charge is 2.03. The van der Waals surface area contributed by atoms with Gasteiger partial charge >= 0.3 is 5.97 Å². The number of carbonyl (C=O) groups is 1. The highest BCUT2D eigenvalue weighted by molar-refractivity contribution is 7.09. The summed E-state index contributed by atoms with van der Waals surface area (Å²) in [6, 6.07) is 4.26. The number of rotatable bonds is 9. The lowest BCUT2D eigenvalue weighted by molar-refractivity contribution is -0.143. The van der Waals surface area contributed by atoms with E-state index in [0.717, 1.165) is 32.4 Å². The quantitative estimate of drug-likeness (QED) is 0.509. The van der Waals surface area contributed by atoms with E-state index in [1.807, 2.05) is 6.92 Å². The Hall–Kier alpha value is -0.870. The molecule has 1 aromatic rings. The lowest BCUT2D eigenvalue weighted by atomic mass is 10.2. The fourth-order valence-corrected chi connectivity index (χ4v) is 2.59. The van der Waals surface area contributed by atoms with E-state index in [-0.39, 0.29) is 5.97 Å². The van der Waals surface area contributed by atoms with Crippen LogP contribution in [0.2, 0.25) is 0 Å². The molecule has 3 nitrogen and oxygen atoms in total. The molecular formula is C14H23NO2S. The van der Waals surface area contributed by atoms with Crippen molar-refractivity contribution in [2.75, 3.05) is 20.2 Å². The lowest BCUT2D eigenvalue weighted by Gasteiger charge is -2.15. The Morgan fingerprint density at radius 2 is 2.22 bits per heavy atom. The topological polar surface area (TPSA) is 29.5 Å². The van der Waals surface area contributed by atoms with Gasteiger partial charge in [0.25, 0.3) is 0 Å². The average Bonchev–Trinajstić information content (AvgIpc) is 2.81. The molecule has 0 aromatic carbocycles. The van der Waals surface area contributed by atoms with Crippen molar-refractivity contribution in [3.05, 3.63) is 22.4 Å². The first-order valence-electron chi connectivity index (χ1n) is 6.59. The summed E-state index contributed by atoms with van der Waals surface area (Å²) in [5, 5.41) is 2.11. The van der Waals surface area contributed by atoms with Crippen LogP contribution in [0.4, 0.5) is 0 Å². The summed E-state index contributed by atoms with van der Waals surface area (Å²) in [5.41, 5.74) is 0. The molecule has 0 saturated carbocycles. The van der Waals surface area contributed by atoms with E-state index in [2.05, 4.69) is 29.5 Å². The van der Waals surface area contributed by atoms with Crippen LogP contribution in [0.25, 0.3) is 0 Å². The highest BCUT2D eigenvalue weighted by atomic mass is 32.1. The predicted octanol–water partition coefficient (Wildman–Crippen LogP) is 3.30. The lowest BCUT2D eigenvalue weighted by Crippen LogP contribution is -2.18. The Kier molecular flexibility index (Phi) is 7.69. The number of esters is 1. The van der Waals surface area contributed by atoms with Gasteiger partial charge in [0.15, 0.2) is 0 Å². The van der Waals surface area contributed by atoms with Gasteiger partial charge in [-0.3, -0.25) is 4.79 Å². The van der Waals surface area contributed by atoms with Crippen LogP contribution in [0.3, 0.4) is 0 Å². The van der Waals surface area contributed by atoms with Gasteiger partial charge in [0.2, 0.25) is 0 Å². The molecule has 0 bridgehead atoms. The molecule has 102 valence electrons. The smallest absolute Gasteiger partial charge is 0.305 e. The Bertz CT molecular complexity index is 325. The summed E-state index contributed by atoms with van der Waals surface area (Å²) in [4.78, 5) is 14.9. The molecule has 0 aliphatic carbocycles. The molecule has 1 heterocycles. The first kappa shape index (κ1) is 15.2. The summed E-state index contributed by atoms with van der Waals surface area (Å²) >= 11 is 1.80. The number of carbonyl (C=O) groups excluding carboxylic acids is 1. The van der Waals surface area contributed by atoms with Gasteiger partial charge in [0, 0.05) is 17.8 Å². The molecule has 4 heteroatoms. The monoisotopic (exact) mass is 269 g/mol. The molecule has 0 radical (unpaired) electrons. The Balaban J connectivity index is 1.99. The van der Waals surface area contributed by atoms with E-state index in [1.165, 1.54) is 4.88 Å². The Labute approximate surface area is 114 Å². The molecule has 18 heavy (non-hydrogen) atoms. The average molecular weight is 269 g/mol. The third-order valence-electron chi connectivity index (χ3n) is 2.73. The zero-order valence-corrected chi connectivity index (χ0v) is 12.2. The first-order valence-corrected chi connectivity index (χ1v) is 7.47. The van der Waals surface area contributed by atoms with Crippen molar-refractivity contribution < 1.29 is 9.53 Å². The number of ether oxygens (including phenoxy) is 1. The minimum atomic E-state index is -0.0653. The van der Waals surface area contributed by atoms with Crippen molar-refractivity contribution in [3.8, 4) is 0 Å². The van der Waals surface area contributed by atoms with E-state index < -0.39 is 0 Å². The van der Waals surface area contributed by atoms with Crippen LogP contribution >= 0.6 is 11.3 Å². The van der Waals surface area contributed by atoms with Gasteiger partial charge in [-0.15, -0.1) is 11.3 Å². The van der Waals surface area contributed by atoms with Gasteiger partial charge in [0.05, 0.1) is 6.61 Å². The molecule has 0 unspecified atom stereocenters. The van der Waals surface area contributed by atoms with E-state index in [1.54, 1.807) is 11.3 Å². The van der Waals surface area contributed by atoms with Crippen LogP contribution < -0.4 is 0 Å². The van der Waals surface area contributed by atoms with Crippen LogP contribution in [-0.2, 0) is 16.1 Å². The highest BCUT2D eigenvalue weighted by Crippen LogP contribution is 2.11. The van der Waals surface area contributed by atoms with Gasteiger partial charge in [0.1, 0.15) is 0 Å². The maximum Gasteiger partial charge on any atom is 0.305 e. The van der Waals surface area contributed by atoms with Crippen molar-refractivity contribution >= 4 is 17.3 Å². The number of thiophene rings is 1. The van der Waals surface area contributed by atoms with Gasteiger partial charge in [-0.05, 0) is 44.8 Å². The van der Waals surface area contributed by atoms with Gasteiger partial charge in [-0.2, -0.15) is 0 Å². The van der Waals surface area contributed by atoms with E-state index in [9.17, 15) is 4.79 Å². The Morgan fingerprint density at radius 3 is 2.89 bits per heavy atom. The summed E-state index contributed by atoms with van der Waals surface area (Å²) in [7, 11) is 2.14. The molecule has 0 aliphatic heterocycles. The maximum absolute atomic E-state index is 11.1. The van der Waals surface area contributed by atoms with Crippen LogP contribution in [0, 0.1) is 0 Å². The Morgan fingerprint density at radius 1 is 1.39 bits per heavy atom. The zero-order valence-electron chi connectivity index (χ0n) is 11.4. The number of nitrogens with zero attached hydrogens (tertiary/aromatic N) is 1. The third kappa shape index (κ3) is 6.77. The molecule has 0 amide bonds. The predicted molar refractivity (Wildman–Crippen MR) is 75.8 cm³/mol. The number of hydrogen-bond acceptors (Lipinski definition) is 4. The van der Waals surface area contributed by atoms with Crippen LogP contribution in [0.15, 0.2) is 17.5 Å². The van der Waals surface area contributed by atoms with Crippen LogP contribution in [0.1, 0.15) is 37.5 Å². The zero-order chi connectivity index (χ0) is 13.2. The summed E-state index contributed by atoms with van der Waals surface area (Å²) in [5.74, 6) is -0.0653. The minimum Gasteiger partial charge on any atom is -0.466 e. The maximum atomic E-state index is 11.1. The van der Waals surface area contributed by atoms with Gasteiger partial charge < -0.3 is 9.64 Å². The normalized spacial score (nSPS) is 10.8. The molecular weight excluding hydrogens is 246 g/mol. The second-order valence-electron chi connectivity index (χ2n) is 4.43. The summed E-state index contributed by atoms with van der Waals surface area (Å²) < 4.78 is 4.89. The summed E-state index contributed by atoms with van der Waals surface area (Å²) in [6.45, 7) is 4.44. The SMILES string of the molecule is CCOC(=O)CCCCCN(C)Cc1cccs1. The largest absolute Gasteiger partial charge is 0.466 e. The van der Waals surface area contributed by atoms with E-state index in [0.29, 0.717) is 13.0 Å². The van der Waals surface area contributed by atoms with Crippen molar-refractivity contribution in [2.24, 2.45) is 0 Å². The molecule has 0 fully saturated rings. The molecule has 0 aliphatic rings. The van der Waals surface area contributed by atoms with Crippen molar-refractivity contribution in [3.63, 3.8) is 0 Å². The molecule has 0 spiro atoms. The number of unbranched alkanes of at least 4 members (excludes halogenated alkanes) is 2. The second-order valence-corrected chi connectivity index (χ2v) is 5.47. The van der Waals surface area contributed by atoms with Crippen molar-refractivity contribution in [2.45, 2.75) is 39.2 Å². The molecule has 0 atom stereocenters. The number of hydrogen-bond donors (Lipinski definition) is 0. The minimum absolute atomic E-state index is 0.0653. The molecule has 1 aromatic heterocycles. The molecule has 0 saturated heterocycles. The van der Waals surface area contributed by atoms with E-state index >= 15 is 0 Å². The molecule has 0 N–H and O–H groups in total. The molecule has 1 rings (SSSR count). The fraction of sp³-hybridized carbons (Fsp3) is 0.643. The summed E-state index contributed by atoms with van der Waals surface area (Å²) in [6.07, 6.45) is 3.73. The second kappa shape index (κ2) is 9.11. The van der Waals surface area contributed by atoms with Gasteiger partial charge in [-0.1, -0.05) is 12.5 Å². The van der Waals surface area contributed by atoms with Crippen molar-refractivity contribution in [1.82, 2.24) is 4.90 Å². The third-order valence-corrected chi connectivity index (χ3v) is 3.59. The van der Waals surface area contributed by atoms with Gasteiger partial charge in [-0.25, -0.2) is 0 Å². The van der Waals surface area contributed by atoms with Crippen molar-refractivity contribution in [1.29, 1.82) is 0 Å². The van der Waals surface area contributed by atoms with Crippen LogP contribution in [-0.4, -0.2) is 31.1 Å².